The maximum absolute atomic E-state index is 6.03. The molecular weight excluding hydrogens is 279 g/mol. The second-order valence-electron chi connectivity index (χ2n) is 4.82. The summed E-state index contributed by atoms with van der Waals surface area (Å²) < 4.78 is 0. The minimum Gasteiger partial charge on any atom is -0.368 e. The standard InChI is InChI=1S/C15H18Cl2N2/c1-11(2)19(9-3-7-16)15-6-8-18-14-10-12(17)4-5-13(14)15/h4-6,8,10-11H,3,7,9H2,1-2H3. The molecule has 2 aromatic rings. The molecule has 0 spiro atoms. The molecule has 4 heteroatoms. The van der Waals surface area contributed by atoms with Crippen LogP contribution in [0.4, 0.5) is 5.69 Å². The van der Waals surface area contributed by atoms with Crippen molar-refractivity contribution in [2.45, 2.75) is 26.3 Å². The van der Waals surface area contributed by atoms with E-state index in [1.54, 1.807) is 0 Å². The molecule has 0 aliphatic rings. The molecule has 1 aromatic carbocycles. The van der Waals surface area contributed by atoms with E-state index in [0.717, 1.165) is 23.9 Å². The Bertz CT molecular complexity index is 555. The van der Waals surface area contributed by atoms with Crippen molar-refractivity contribution >= 4 is 39.8 Å². The lowest BCUT2D eigenvalue weighted by Gasteiger charge is -2.29. The van der Waals surface area contributed by atoms with Crippen molar-refractivity contribution in [3.63, 3.8) is 0 Å². The number of anilines is 1. The van der Waals surface area contributed by atoms with Gasteiger partial charge in [-0.2, -0.15) is 0 Å². The first-order chi connectivity index (χ1) is 9.13. The Morgan fingerprint density at radius 2 is 2.05 bits per heavy atom. The van der Waals surface area contributed by atoms with Crippen LogP contribution in [-0.2, 0) is 0 Å². The molecule has 1 aromatic heterocycles. The van der Waals surface area contributed by atoms with Gasteiger partial charge in [0, 0.05) is 40.8 Å². The van der Waals surface area contributed by atoms with E-state index in [-0.39, 0.29) is 0 Å². The number of pyridine rings is 1. The van der Waals surface area contributed by atoms with Gasteiger partial charge in [-0.1, -0.05) is 11.6 Å². The third kappa shape index (κ3) is 3.31. The van der Waals surface area contributed by atoms with Crippen molar-refractivity contribution in [1.29, 1.82) is 0 Å². The molecule has 0 fully saturated rings. The summed E-state index contributed by atoms with van der Waals surface area (Å²) in [6.07, 6.45) is 2.81. The Morgan fingerprint density at radius 3 is 2.74 bits per heavy atom. The third-order valence-electron chi connectivity index (χ3n) is 3.15. The number of rotatable bonds is 5. The van der Waals surface area contributed by atoms with E-state index in [9.17, 15) is 0 Å². The van der Waals surface area contributed by atoms with E-state index in [0.29, 0.717) is 16.9 Å². The second-order valence-corrected chi connectivity index (χ2v) is 5.64. The van der Waals surface area contributed by atoms with Crippen LogP contribution in [0.25, 0.3) is 10.9 Å². The molecule has 1 heterocycles. The molecule has 0 atom stereocenters. The highest BCUT2D eigenvalue weighted by molar-refractivity contribution is 6.31. The van der Waals surface area contributed by atoms with Gasteiger partial charge in [-0.15, -0.1) is 11.6 Å². The highest BCUT2D eigenvalue weighted by Crippen LogP contribution is 2.28. The number of hydrogen-bond acceptors (Lipinski definition) is 2. The minimum absolute atomic E-state index is 0.421. The number of benzene rings is 1. The van der Waals surface area contributed by atoms with Gasteiger partial charge < -0.3 is 4.90 Å². The van der Waals surface area contributed by atoms with E-state index < -0.39 is 0 Å². The Labute approximate surface area is 124 Å². The van der Waals surface area contributed by atoms with E-state index in [1.807, 2.05) is 24.4 Å². The van der Waals surface area contributed by atoms with Crippen LogP contribution >= 0.6 is 23.2 Å². The van der Waals surface area contributed by atoms with Gasteiger partial charge in [-0.25, -0.2) is 0 Å². The van der Waals surface area contributed by atoms with Crippen molar-refractivity contribution in [1.82, 2.24) is 4.98 Å². The fourth-order valence-electron chi connectivity index (χ4n) is 2.24. The number of aromatic nitrogens is 1. The second kappa shape index (κ2) is 6.44. The molecule has 0 radical (unpaired) electrons. The molecule has 0 saturated carbocycles. The van der Waals surface area contributed by atoms with E-state index >= 15 is 0 Å². The molecule has 0 aliphatic carbocycles. The summed E-state index contributed by atoms with van der Waals surface area (Å²) in [5.74, 6) is 0.679. The largest absolute Gasteiger partial charge is 0.368 e. The molecule has 0 bridgehead atoms. The first-order valence-electron chi connectivity index (χ1n) is 6.50. The van der Waals surface area contributed by atoms with Gasteiger partial charge in [-0.05, 0) is 44.5 Å². The number of halogens is 2. The number of alkyl halides is 1. The molecular formula is C15H18Cl2N2. The van der Waals surface area contributed by atoms with Gasteiger partial charge in [0.2, 0.25) is 0 Å². The van der Waals surface area contributed by atoms with Crippen LogP contribution in [-0.4, -0.2) is 23.5 Å². The van der Waals surface area contributed by atoms with Crippen LogP contribution in [0.1, 0.15) is 20.3 Å². The van der Waals surface area contributed by atoms with Crippen LogP contribution in [0.3, 0.4) is 0 Å². The summed E-state index contributed by atoms with van der Waals surface area (Å²) >= 11 is 11.8. The van der Waals surface area contributed by atoms with Gasteiger partial charge in [0.25, 0.3) is 0 Å². The van der Waals surface area contributed by atoms with Crippen LogP contribution < -0.4 is 4.90 Å². The lowest BCUT2D eigenvalue weighted by Crippen LogP contribution is -2.32. The first-order valence-corrected chi connectivity index (χ1v) is 7.41. The van der Waals surface area contributed by atoms with E-state index in [1.165, 1.54) is 5.69 Å². The van der Waals surface area contributed by atoms with Crippen molar-refractivity contribution < 1.29 is 0 Å². The topological polar surface area (TPSA) is 16.1 Å². The van der Waals surface area contributed by atoms with Gasteiger partial charge in [0.05, 0.1) is 5.52 Å². The Kier molecular flexibility index (Phi) is 4.89. The van der Waals surface area contributed by atoms with Crippen LogP contribution in [0.2, 0.25) is 5.02 Å². The highest BCUT2D eigenvalue weighted by Gasteiger charge is 2.13. The Hall–Kier alpha value is -0.990. The zero-order chi connectivity index (χ0) is 13.8. The molecule has 2 rings (SSSR count). The lowest BCUT2D eigenvalue weighted by molar-refractivity contribution is 0.674. The summed E-state index contributed by atoms with van der Waals surface area (Å²) in [5.41, 5.74) is 2.13. The summed E-state index contributed by atoms with van der Waals surface area (Å²) in [6.45, 7) is 5.33. The Balaban J connectivity index is 2.47. The van der Waals surface area contributed by atoms with E-state index in [4.69, 9.17) is 23.2 Å². The fourth-order valence-corrected chi connectivity index (χ4v) is 2.53. The van der Waals surface area contributed by atoms with Crippen molar-refractivity contribution in [3.8, 4) is 0 Å². The van der Waals surface area contributed by atoms with Crippen LogP contribution in [0, 0.1) is 0 Å². The lowest BCUT2D eigenvalue weighted by atomic mass is 10.1. The fraction of sp³-hybridized carbons (Fsp3) is 0.400. The normalized spacial score (nSPS) is 11.2. The molecule has 0 unspecified atom stereocenters. The van der Waals surface area contributed by atoms with Crippen molar-refractivity contribution in [2.75, 3.05) is 17.3 Å². The average molecular weight is 297 g/mol. The Morgan fingerprint density at radius 1 is 1.26 bits per heavy atom. The number of nitrogens with zero attached hydrogens (tertiary/aromatic N) is 2. The molecule has 2 nitrogen and oxygen atoms in total. The van der Waals surface area contributed by atoms with Crippen LogP contribution in [0.15, 0.2) is 30.5 Å². The molecule has 19 heavy (non-hydrogen) atoms. The third-order valence-corrected chi connectivity index (χ3v) is 3.65. The van der Waals surface area contributed by atoms with Gasteiger partial charge in [-0.3, -0.25) is 4.98 Å². The first kappa shape index (κ1) is 14.4. The summed E-state index contributed by atoms with van der Waals surface area (Å²) in [4.78, 5) is 6.75. The van der Waals surface area contributed by atoms with Gasteiger partial charge >= 0.3 is 0 Å². The molecule has 102 valence electrons. The summed E-state index contributed by atoms with van der Waals surface area (Å²) in [7, 11) is 0. The SMILES string of the molecule is CC(C)N(CCCCl)c1ccnc2cc(Cl)ccc12. The van der Waals surface area contributed by atoms with Crippen LogP contribution in [0.5, 0.6) is 0 Å². The van der Waals surface area contributed by atoms with Crippen molar-refractivity contribution in [2.24, 2.45) is 0 Å². The molecule has 0 amide bonds. The summed E-state index contributed by atoms with van der Waals surface area (Å²) in [5, 5.41) is 1.85. The molecule has 0 aliphatic heterocycles. The van der Waals surface area contributed by atoms with E-state index in [2.05, 4.69) is 29.8 Å². The maximum Gasteiger partial charge on any atom is 0.0737 e. The summed E-state index contributed by atoms with van der Waals surface area (Å²) in [6, 6.07) is 8.33. The van der Waals surface area contributed by atoms with Crippen molar-refractivity contribution in [3.05, 3.63) is 35.5 Å². The van der Waals surface area contributed by atoms with Gasteiger partial charge in [0.15, 0.2) is 0 Å². The maximum atomic E-state index is 6.03. The number of fused-ring (bicyclic) bond motifs is 1. The molecule has 0 N–H and O–H groups in total. The zero-order valence-corrected chi connectivity index (χ0v) is 12.7. The highest BCUT2D eigenvalue weighted by atomic mass is 35.5. The monoisotopic (exact) mass is 296 g/mol. The quantitative estimate of drug-likeness (QED) is 0.742. The smallest absolute Gasteiger partial charge is 0.0737 e. The molecule has 0 saturated heterocycles. The number of hydrogen-bond donors (Lipinski definition) is 0. The average Bonchev–Trinajstić information content (AvgIpc) is 2.38. The zero-order valence-electron chi connectivity index (χ0n) is 11.2. The predicted molar refractivity (Wildman–Crippen MR) is 84.6 cm³/mol. The van der Waals surface area contributed by atoms with Gasteiger partial charge in [0.1, 0.15) is 0 Å². The minimum atomic E-state index is 0.421. The predicted octanol–water partition coefficient (Wildman–Crippen LogP) is 4.73.